The van der Waals surface area contributed by atoms with Gasteiger partial charge in [-0.15, -0.1) is 0 Å². The average molecular weight is 281 g/mol. The maximum Gasteiger partial charge on any atom is 0.230 e. The van der Waals surface area contributed by atoms with Crippen molar-refractivity contribution < 1.29 is 12.9 Å². The van der Waals surface area contributed by atoms with Gasteiger partial charge >= 0.3 is 0 Å². The number of nitrogen functional groups attached to an aromatic ring is 1. The van der Waals surface area contributed by atoms with Crippen LogP contribution in [0.1, 0.15) is 19.5 Å². The van der Waals surface area contributed by atoms with E-state index in [1.54, 1.807) is 38.4 Å². The Balaban J connectivity index is 2.70. The molecule has 2 heterocycles. The molecule has 0 unspecified atom stereocenters. The standard InChI is InChI=1S/C12H15N3O3S/c1-12(2,19(3,16)17)10-9(11(13)18-15-10)8-5-4-6-14-7-8/h4-7H,13H2,1-3H3. The van der Waals surface area contributed by atoms with Gasteiger partial charge < -0.3 is 10.3 Å². The molecule has 6 nitrogen and oxygen atoms in total. The van der Waals surface area contributed by atoms with E-state index < -0.39 is 14.6 Å². The summed E-state index contributed by atoms with van der Waals surface area (Å²) in [5, 5.41) is 3.82. The van der Waals surface area contributed by atoms with Crippen LogP contribution in [0.25, 0.3) is 11.1 Å². The SMILES string of the molecule is CC(C)(c1noc(N)c1-c1cccnc1)S(C)(=O)=O. The van der Waals surface area contributed by atoms with E-state index >= 15 is 0 Å². The maximum atomic E-state index is 11.9. The van der Waals surface area contributed by atoms with Crippen molar-refractivity contribution in [3.8, 4) is 11.1 Å². The smallest absolute Gasteiger partial charge is 0.230 e. The van der Waals surface area contributed by atoms with E-state index in [2.05, 4.69) is 10.1 Å². The third-order valence-corrected chi connectivity index (χ3v) is 5.21. The molecule has 102 valence electrons. The molecule has 0 aliphatic carbocycles. The Kier molecular flexibility index (Phi) is 3.09. The van der Waals surface area contributed by atoms with E-state index in [4.69, 9.17) is 10.3 Å². The minimum atomic E-state index is -3.37. The van der Waals surface area contributed by atoms with Crippen molar-refractivity contribution in [2.24, 2.45) is 0 Å². The molecule has 2 rings (SSSR count). The Labute approximate surface area is 111 Å². The van der Waals surface area contributed by atoms with Crippen molar-refractivity contribution in [1.82, 2.24) is 10.1 Å². The Hall–Kier alpha value is -1.89. The molecule has 2 aromatic rings. The molecule has 0 bridgehead atoms. The number of hydrogen-bond acceptors (Lipinski definition) is 6. The Bertz CT molecular complexity index is 690. The summed E-state index contributed by atoms with van der Waals surface area (Å²) >= 11 is 0. The number of aromatic nitrogens is 2. The number of nitrogens with zero attached hydrogens (tertiary/aromatic N) is 2. The normalized spacial score (nSPS) is 12.6. The molecule has 0 amide bonds. The lowest BCUT2D eigenvalue weighted by atomic mass is 10.00. The highest BCUT2D eigenvalue weighted by atomic mass is 32.2. The molecule has 0 fully saturated rings. The summed E-state index contributed by atoms with van der Waals surface area (Å²) in [5.41, 5.74) is 7.20. The fraction of sp³-hybridized carbons (Fsp3) is 0.333. The van der Waals surface area contributed by atoms with E-state index in [-0.39, 0.29) is 5.88 Å². The van der Waals surface area contributed by atoms with Crippen molar-refractivity contribution in [3.63, 3.8) is 0 Å². The molecule has 0 saturated heterocycles. The molecule has 0 radical (unpaired) electrons. The largest absolute Gasteiger partial charge is 0.367 e. The second-order valence-corrected chi connectivity index (χ2v) is 7.36. The van der Waals surface area contributed by atoms with Gasteiger partial charge in [-0.1, -0.05) is 11.2 Å². The minimum Gasteiger partial charge on any atom is -0.367 e. The summed E-state index contributed by atoms with van der Waals surface area (Å²) in [6, 6.07) is 3.51. The Morgan fingerprint density at radius 3 is 2.58 bits per heavy atom. The maximum absolute atomic E-state index is 11.9. The van der Waals surface area contributed by atoms with Gasteiger partial charge in [0.2, 0.25) is 5.88 Å². The lowest BCUT2D eigenvalue weighted by molar-refractivity contribution is 0.417. The van der Waals surface area contributed by atoms with Crippen LogP contribution in [0.2, 0.25) is 0 Å². The summed E-state index contributed by atoms with van der Waals surface area (Å²) in [6.45, 7) is 3.14. The number of pyridine rings is 1. The van der Waals surface area contributed by atoms with Crippen molar-refractivity contribution in [2.45, 2.75) is 18.6 Å². The molecule has 0 saturated carbocycles. The van der Waals surface area contributed by atoms with E-state index in [1.807, 2.05) is 0 Å². The van der Waals surface area contributed by atoms with Gasteiger partial charge in [-0.25, -0.2) is 8.42 Å². The van der Waals surface area contributed by atoms with Crippen LogP contribution in [-0.4, -0.2) is 24.8 Å². The fourth-order valence-electron chi connectivity index (χ4n) is 1.68. The van der Waals surface area contributed by atoms with Gasteiger partial charge in [0.25, 0.3) is 0 Å². The van der Waals surface area contributed by atoms with Gasteiger partial charge in [0.1, 0.15) is 10.4 Å². The first-order chi connectivity index (χ1) is 8.75. The zero-order chi connectivity index (χ0) is 14.3. The second-order valence-electron chi connectivity index (χ2n) is 4.79. The quantitative estimate of drug-likeness (QED) is 0.917. The second kappa shape index (κ2) is 4.34. The number of nitrogens with two attached hydrogens (primary N) is 1. The molecular weight excluding hydrogens is 266 g/mol. The zero-order valence-corrected chi connectivity index (χ0v) is 11.7. The van der Waals surface area contributed by atoms with Crippen LogP contribution < -0.4 is 5.73 Å². The minimum absolute atomic E-state index is 0.0831. The number of anilines is 1. The first-order valence-electron chi connectivity index (χ1n) is 5.61. The van der Waals surface area contributed by atoms with Crippen LogP contribution in [0.3, 0.4) is 0 Å². The van der Waals surface area contributed by atoms with Gasteiger partial charge in [-0.05, 0) is 19.9 Å². The monoisotopic (exact) mass is 281 g/mol. The van der Waals surface area contributed by atoms with E-state index in [0.717, 1.165) is 6.26 Å². The van der Waals surface area contributed by atoms with Crippen LogP contribution in [0.4, 0.5) is 5.88 Å². The predicted molar refractivity (Wildman–Crippen MR) is 72.0 cm³/mol. The molecule has 19 heavy (non-hydrogen) atoms. The molecule has 7 heteroatoms. The summed E-state index contributed by atoms with van der Waals surface area (Å²) in [7, 11) is -3.37. The summed E-state index contributed by atoms with van der Waals surface area (Å²) in [4.78, 5) is 3.99. The summed E-state index contributed by atoms with van der Waals surface area (Å²) in [6.07, 6.45) is 4.37. The highest BCUT2D eigenvalue weighted by Gasteiger charge is 2.39. The zero-order valence-electron chi connectivity index (χ0n) is 10.9. The van der Waals surface area contributed by atoms with Gasteiger partial charge in [-0.2, -0.15) is 0 Å². The Morgan fingerprint density at radius 2 is 2.05 bits per heavy atom. The Morgan fingerprint density at radius 1 is 1.37 bits per heavy atom. The first-order valence-corrected chi connectivity index (χ1v) is 7.50. The third-order valence-electron chi connectivity index (χ3n) is 3.17. The lowest BCUT2D eigenvalue weighted by Gasteiger charge is -2.20. The highest BCUT2D eigenvalue weighted by molar-refractivity contribution is 7.91. The molecule has 0 spiro atoms. The molecule has 0 aliphatic rings. The molecule has 0 aromatic carbocycles. The number of sulfone groups is 1. The van der Waals surface area contributed by atoms with Crippen LogP contribution >= 0.6 is 0 Å². The van der Waals surface area contributed by atoms with Crippen molar-refractivity contribution >= 4 is 15.7 Å². The van der Waals surface area contributed by atoms with Gasteiger partial charge in [0.15, 0.2) is 9.84 Å². The van der Waals surface area contributed by atoms with Crippen LogP contribution in [0.5, 0.6) is 0 Å². The van der Waals surface area contributed by atoms with Crippen LogP contribution in [0.15, 0.2) is 29.0 Å². The van der Waals surface area contributed by atoms with Gasteiger partial charge in [-0.3, -0.25) is 4.98 Å². The summed E-state index contributed by atoms with van der Waals surface area (Å²) < 4.78 is 27.6. The van der Waals surface area contributed by atoms with Crippen molar-refractivity contribution in [1.29, 1.82) is 0 Å². The molecular formula is C12H15N3O3S. The molecule has 0 atom stereocenters. The highest BCUT2D eigenvalue weighted by Crippen LogP contribution is 2.38. The number of hydrogen-bond donors (Lipinski definition) is 1. The fourth-order valence-corrected chi connectivity index (χ4v) is 2.17. The van der Waals surface area contributed by atoms with Gasteiger partial charge in [0.05, 0.1) is 5.56 Å². The lowest BCUT2D eigenvalue weighted by Crippen LogP contribution is -2.29. The molecule has 2 aromatic heterocycles. The number of rotatable bonds is 3. The van der Waals surface area contributed by atoms with E-state index in [9.17, 15) is 8.42 Å². The average Bonchev–Trinajstić information content (AvgIpc) is 2.71. The topological polar surface area (TPSA) is 99.1 Å². The van der Waals surface area contributed by atoms with Crippen LogP contribution in [0, 0.1) is 0 Å². The van der Waals surface area contributed by atoms with E-state index in [0.29, 0.717) is 16.8 Å². The third kappa shape index (κ3) is 2.21. The van der Waals surface area contributed by atoms with Crippen molar-refractivity contribution in [2.75, 3.05) is 12.0 Å². The predicted octanol–water partition coefficient (Wildman–Crippen LogP) is 1.60. The van der Waals surface area contributed by atoms with Crippen LogP contribution in [-0.2, 0) is 14.6 Å². The molecule has 0 aliphatic heterocycles. The van der Waals surface area contributed by atoms with E-state index in [1.165, 1.54) is 0 Å². The van der Waals surface area contributed by atoms with Gasteiger partial charge in [0, 0.05) is 24.2 Å². The molecule has 2 N–H and O–H groups in total. The van der Waals surface area contributed by atoms with Crippen molar-refractivity contribution in [3.05, 3.63) is 30.2 Å². The first kappa shape index (κ1) is 13.5. The summed E-state index contributed by atoms with van der Waals surface area (Å²) in [5.74, 6) is 0.0831.